The van der Waals surface area contributed by atoms with Crippen molar-refractivity contribution in [3.8, 4) is 0 Å². The SMILES string of the molecule is C[C@@H](O)[C@H]1NC(=O)[C@H](Cc2ccccc2)NC1=O. The second-order valence-electron chi connectivity index (χ2n) is 4.48. The summed E-state index contributed by atoms with van der Waals surface area (Å²) in [6.07, 6.45) is -0.447. The third-order valence-corrected chi connectivity index (χ3v) is 2.98. The summed E-state index contributed by atoms with van der Waals surface area (Å²) >= 11 is 0. The van der Waals surface area contributed by atoms with Gasteiger partial charge in [-0.1, -0.05) is 30.3 Å². The zero-order chi connectivity index (χ0) is 13.1. The van der Waals surface area contributed by atoms with Crippen molar-refractivity contribution in [1.29, 1.82) is 0 Å². The van der Waals surface area contributed by atoms with Crippen LogP contribution >= 0.6 is 0 Å². The smallest absolute Gasteiger partial charge is 0.245 e. The average molecular weight is 248 g/mol. The highest BCUT2D eigenvalue weighted by Crippen LogP contribution is 2.08. The van der Waals surface area contributed by atoms with Gasteiger partial charge in [0.15, 0.2) is 0 Å². The Morgan fingerprint density at radius 3 is 2.44 bits per heavy atom. The lowest BCUT2D eigenvalue weighted by atomic mass is 10.0. The van der Waals surface area contributed by atoms with Crippen LogP contribution in [-0.4, -0.2) is 35.1 Å². The summed E-state index contributed by atoms with van der Waals surface area (Å²) in [4.78, 5) is 23.5. The van der Waals surface area contributed by atoms with Gasteiger partial charge < -0.3 is 15.7 Å². The van der Waals surface area contributed by atoms with Gasteiger partial charge in [-0.25, -0.2) is 0 Å². The van der Waals surface area contributed by atoms with Crippen LogP contribution in [-0.2, 0) is 16.0 Å². The van der Waals surface area contributed by atoms with E-state index in [1.165, 1.54) is 6.92 Å². The van der Waals surface area contributed by atoms with Crippen LogP contribution in [0.4, 0.5) is 0 Å². The molecule has 3 N–H and O–H groups in total. The predicted octanol–water partition coefficient (Wildman–Crippen LogP) is -0.407. The Morgan fingerprint density at radius 2 is 1.83 bits per heavy atom. The fraction of sp³-hybridized carbons (Fsp3) is 0.385. The van der Waals surface area contributed by atoms with Gasteiger partial charge in [-0.2, -0.15) is 0 Å². The lowest BCUT2D eigenvalue weighted by molar-refractivity contribution is -0.139. The molecule has 0 saturated carbocycles. The maximum absolute atomic E-state index is 11.8. The predicted molar refractivity (Wildman–Crippen MR) is 65.7 cm³/mol. The minimum Gasteiger partial charge on any atom is -0.391 e. The van der Waals surface area contributed by atoms with E-state index in [2.05, 4.69) is 10.6 Å². The van der Waals surface area contributed by atoms with Crippen LogP contribution < -0.4 is 10.6 Å². The number of benzene rings is 1. The molecule has 1 saturated heterocycles. The number of piperazine rings is 1. The van der Waals surface area contributed by atoms with Crippen molar-refractivity contribution in [2.45, 2.75) is 31.5 Å². The van der Waals surface area contributed by atoms with Gasteiger partial charge in [-0.15, -0.1) is 0 Å². The van der Waals surface area contributed by atoms with Crippen molar-refractivity contribution in [1.82, 2.24) is 10.6 Å². The molecular formula is C13H16N2O3. The number of rotatable bonds is 3. The van der Waals surface area contributed by atoms with Crippen LogP contribution in [0, 0.1) is 0 Å². The lowest BCUT2D eigenvalue weighted by Gasteiger charge is -2.31. The minimum absolute atomic E-state index is 0.260. The third-order valence-electron chi connectivity index (χ3n) is 2.98. The van der Waals surface area contributed by atoms with Gasteiger partial charge in [0.05, 0.1) is 6.10 Å². The number of hydrogen-bond donors (Lipinski definition) is 3. The molecule has 0 aromatic heterocycles. The van der Waals surface area contributed by atoms with Gasteiger partial charge in [-0.05, 0) is 12.5 Å². The van der Waals surface area contributed by atoms with Crippen molar-refractivity contribution in [2.75, 3.05) is 0 Å². The maximum atomic E-state index is 11.8. The summed E-state index contributed by atoms with van der Waals surface area (Å²) in [5, 5.41) is 14.5. The number of amides is 2. The number of nitrogens with one attached hydrogen (secondary N) is 2. The summed E-state index contributed by atoms with van der Waals surface area (Å²) in [6.45, 7) is 1.47. The number of carbonyl (C=O) groups is 2. The van der Waals surface area contributed by atoms with Gasteiger partial charge >= 0.3 is 0 Å². The van der Waals surface area contributed by atoms with Crippen LogP contribution in [0.25, 0.3) is 0 Å². The van der Waals surface area contributed by atoms with E-state index in [1.807, 2.05) is 30.3 Å². The third kappa shape index (κ3) is 2.68. The second-order valence-corrected chi connectivity index (χ2v) is 4.48. The molecule has 1 fully saturated rings. The van der Waals surface area contributed by atoms with Crippen molar-refractivity contribution >= 4 is 11.8 Å². The van der Waals surface area contributed by atoms with E-state index in [0.29, 0.717) is 6.42 Å². The quantitative estimate of drug-likeness (QED) is 0.680. The number of aliphatic hydroxyl groups excluding tert-OH is 1. The van der Waals surface area contributed by atoms with Crippen LogP contribution in [0.15, 0.2) is 30.3 Å². The highest BCUT2D eigenvalue weighted by atomic mass is 16.3. The summed E-state index contributed by atoms with van der Waals surface area (Å²) in [6, 6.07) is 8.04. The highest BCUT2D eigenvalue weighted by molar-refractivity contribution is 5.97. The Morgan fingerprint density at radius 1 is 1.17 bits per heavy atom. The molecule has 2 rings (SSSR count). The van der Waals surface area contributed by atoms with Crippen LogP contribution in [0.3, 0.4) is 0 Å². The molecule has 0 bridgehead atoms. The van der Waals surface area contributed by atoms with Gasteiger partial charge in [0.1, 0.15) is 12.1 Å². The van der Waals surface area contributed by atoms with Gasteiger partial charge in [0, 0.05) is 6.42 Å². The first-order valence-electron chi connectivity index (χ1n) is 5.90. The largest absolute Gasteiger partial charge is 0.391 e. The first kappa shape index (κ1) is 12.6. The first-order chi connectivity index (χ1) is 8.58. The number of aliphatic hydroxyl groups is 1. The van der Waals surface area contributed by atoms with Crippen LogP contribution in [0.5, 0.6) is 0 Å². The molecule has 1 aromatic carbocycles. The van der Waals surface area contributed by atoms with Crippen molar-refractivity contribution in [2.24, 2.45) is 0 Å². The van der Waals surface area contributed by atoms with Crippen molar-refractivity contribution < 1.29 is 14.7 Å². The molecule has 18 heavy (non-hydrogen) atoms. The van der Waals surface area contributed by atoms with Gasteiger partial charge in [0.25, 0.3) is 0 Å². The van der Waals surface area contributed by atoms with Gasteiger partial charge in [-0.3, -0.25) is 9.59 Å². The Kier molecular flexibility index (Phi) is 3.62. The molecular weight excluding hydrogens is 232 g/mol. The van der Waals surface area contributed by atoms with E-state index in [9.17, 15) is 14.7 Å². The van der Waals surface area contributed by atoms with E-state index >= 15 is 0 Å². The molecule has 0 unspecified atom stereocenters. The fourth-order valence-electron chi connectivity index (χ4n) is 1.98. The summed E-state index contributed by atoms with van der Waals surface area (Å²) in [7, 11) is 0. The zero-order valence-corrected chi connectivity index (χ0v) is 10.1. The van der Waals surface area contributed by atoms with E-state index in [0.717, 1.165) is 5.56 Å². The normalized spacial score (nSPS) is 25.2. The van der Waals surface area contributed by atoms with Crippen molar-refractivity contribution in [3.63, 3.8) is 0 Å². The van der Waals surface area contributed by atoms with E-state index < -0.39 is 18.2 Å². The molecule has 0 spiro atoms. The van der Waals surface area contributed by atoms with E-state index in [1.54, 1.807) is 0 Å². The monoisotopic (exact) mass is 248 g/mol. The topological polar surface area (TPSA) is 78.4 Å². The summed E-state index contributed by atoms with van der Waals surface area (Å²) in [5.41, 5.74) is 0.980. The highest BCUT2D eigenvalue weighted by Gasteiger charge is 2.35. The second kappa shape index (κ2) is 5.18. The summed E-state index contributed by atoms with van der Waals surface area (Å²) in [5.74, 6) is -0.602. The van der Waals surface area contributed by atoms with E-state index in [-0.39, 0.29) is 11.8 Å². The Labute approximate surface area is 105 Å². The van der Waals surface area contributed by atoms with Gasteiger partial charge in [0.2, 0.25) is 11.8 Å². The Bertz CT molecular complexity index is 445. The maximum Gasteiger partial charge on any atom is 0.245 e. The molecule has 0 radical (unpaired) electrons. The number of carbonyl (C=O) groups excluding carboxylic acids is 2. The molecule has 0 aliphatic carbocycles. The van der Waals surface area contributed by atoms with Crippen LogP contribution in [0.2, 0.25) is 0 Å². The molecule has 1 aromatic rings. The molecule has 1 aliphatic heterocycles. The fourth-order valence-corrected chi connectivity index (χ4v) is 1.98. The zero-order valence-electron chi connectivity index (χ0n) is 10.1. The summed E-state index contributed by atoms with van der Waals surface area (Å²) < 4.78 is 0. The Balaban J connectivity index is 2.04. The Hall–Kier alpha value is -1.88. The standard InChI is InChI=1S/C13H16N2O3/c1-8(16)11-13(18)14-10(12(17)15-11)7-9-5-3-2-4-6-9/h2-6,8,10-11,16H,7H2,1H3,(H,14,18)(H,15,17)/t8-,10+,11-/m1/s1. The molecule has 2 amide bonds. The molecule has 1 aliphatic rings. The van der Waals surface area contributed by atoms with Crippen LogP contribution in [0.1, 0.15) is 12.5 Å². The molecule has 3 atom stereocenters. The average Bonchev–Trinajstić information content (AvgIpc) is 2.34. The first-order valence-corrected chi connectivity index (χ1v) is 5.90. The minimum atomic E-state index is -0.897. The van der Waals surface area contributed by atoms with Crippen molar-refractivity contribution in [3.05, 3.63) is 35.9 Å². The molecule has 96 valence electrons. The molecule has 1 heterocycles. The lowest BCUT2D eigenvalue weighted by Crippen LogP contribution is -2.65. The molecule has 5 nitrogen and oxygen atoms in total. The molecule has 5 heteroatoms. The number of hydrogen-bond acceptors (Lipinski definition) is 3. The van der Waals surface area contributed by atoms with E-state index in [4.69, 9.17) is 0 Å².